The summed E-state index contributed by atoms with van der Waals surface area (Å²) < 4.78 is 34.7. The predicted molar refractivity (Wildman–Crippen MR) is 335 cm³/mol. The van der Waals surface area contributed by atoms with Crippen molar-refractivity contribution < 1.29 is 42.1 Å². The molecule has 0 radical (unpaired) electrons. The van der Waals surface area contributed by atoms with Crippen LogP contribution in [0.25, 0.3) is 0 Å². The minimum Gasteiger partial charge on any atom is -0.462 e. The maximum Gasteiger partial charge on any atom is 0.472 e. The lowest BCUT2D eigenvalue weighted by Crippen LogP contribution is -2.37. The van der Waals surface area contributed by atoms with Crippen LogP contribution in [0.4, 0.5) is 0 Å². The van der Waals surface area contributed by atoms with Gasteiger partial charge in [0.05, 0.1) is 27.7 Å². The molecule has 0 aliphatic rings. The van der Waals surface area contributed by atoms with Gasteiger partial charge in [0.15, 0.2) is 6.10 Å². The Balaban J connectivity index is 3.91. The minimum absolute atomic E-state index is 0.0362. The number of ether oxygens (including phenoxy) is 2. The van der Waals surface area contributed by atoms with Gasteiger partial charge in [-0.3, -0.25) is 18.6 Å². The highest BCUT2D eigenvalue weighted by atomic mass is 31.2. The van der Waals surface area contributed by atoms with Gasteiger partial charge in [-0.05, 0) is 44.9 Å². The minimum atomic E-state index is -4.38. The van der Waals surface area contributed by atoms with Crippen LogP contribution in [-0.2, 0) is 32.7 Å². The van der Waals surface area contributed by atoms with E-state index in [0.717, 1.165) is 44.9 Å². The molecule has 0 saturated carbocycles. The number of carbonyl (C=O) groups is 2. The van der Waals surface area contributed by atoms with Gasteiger partial charge in [-0.25, -0.2) is 4.57 Å². The third kappa shape index (κ3) is 63.7. The number of quaternary nitrogens is 1. The standard InChI is InChI=1S/C68H132NO8P/c1-6-8-10-12-14-16-18-20-22-24-25-26-27-28-29-30-31-32-33-34-35-36-37-38-39-40-41-42-43-45-47-49-51-53-55-57-59-61-68(71)77-66(65-76-78(72,73)75-63-62-69(3,4)5)64-74-67(70)60-58-56-54-52-50-48-46-44-23-21-19-17-15-13-11-9-7-2/h18,20,24-25,66H,6-17,19,21-23,26-65H2,1-5H3/p+1/b20-18-,25-24-. The van der Waals surface area contributed by atoms with Crippen molar-refractivity contribution in [2.75, 3.05) is 47.5 Å². The largest absolute Gasteiger partial charge is 0.472 e. The molecule has 2 unspecified atom stereocenters. The molecule has 0 aliphatic carbocycles. The summed E-state index contributed by atoms with van der Waals surface area (Å²) in [7, 11) is 1.50. The van der Waals surface area contributed by atoms with E-state index in [2.05, 4.69) is 38.2 Å². The summed E-state index contributed by atoms with van der Waals surface area (Å²) in [4.78, 5) is 35.8. The van der Waals surface area contributed by atoms with Crippen LogP contribution in [0.3, 0.4) is 0 Å². The second kappa shape index (κ2) is 60.1. The lowest BCUT2D eigenvalue weighted by molar-refractivity contribution is -0.870. The fraction of sp³-hybridized carbons (Fsp3) is 0.912. The number of hydrogen-bond donors (Lipinski definition) is 1. The van der Waals surface area contributed by atoms with E-state index in [9.17, 15) is 19.0 Å². The van der Waals surface area contributed by atoms with Gasteiger partial charge in [-0.2, -0.15) is 0 Å². The quantitative estimate of drug-likeness (QED) is 0.0211. The Bertz CT molecular complexity index is 1370. The molecule has 0 aromatic carbocycles. The number of phosphoric ester groups is 1. The Morgan fingerprint density at radius 3 is 1.01 bits per heavy atom. The van der Waals surface area contributed by atoms with Crippen molar-refractivity contribution in [3.8, 4) is 0 Å². The van der Waals surface area contributed by atoms with E-state index in [0.29, 0.717) is 17.4 Å². The van der Waals surface area contributed by atoms with Crippen LogP contribution in [-0.4, -0.2) is 74.9 Å². The Morgan fingerprint density at radius 2 is 0.692 bits per heavy atom. The molecule has 78 heavy (non-hydrogen) atoms. The molecule has 2 atom stereocenters. The van der Waals surface area contributed by atoms with E-state index in [1.165, 1.54) is 276 Å². The first-order chi connectivity index (χ1) is 38.0. The Labute approximate surface area is 485 Å². The highest BCUT2D eigenvalue weighted by Gasteiger charge is 2.27. The number of allylic oxidation sites excluding steroid dienone is 4. The number of rotatable bonds is 64. The number of unbranched alkanes of at least 4 members (excludes halogenated alkanes) is 46. The monoisotopic (exact) mass is 1120 g/mol. The zero-order valence-electron chi connectivity index (χ0n) is 52.7. The molecule has 0 fully saturated rings. The van der Waals surface area contributed by atoms with Gasteiger partial charge < -0.3 is 18.9 Å². The molecule has 0 rings (SSSR count). The van der Waals surface area contributed by atoms with Crippen molar-refractivity contribution in [3.63, 3.8) is 0 Å². The first-order valence-corrected chi connectivity index (χ1v) is 35.6. The Morgan fingerprint density at radius 1 is 0.397 bits per heavy atom. The molecule has 0 amide bonds. The Kier molecular flexibility index (Phi) is 58.9. The van der Waals surface area contributed by atoms with E-state index >= 15 is 0 Å². The van der Waals surface area contributed by atoms with Gasteiger partial charge in [0.25, 0.3) is 0 Å². The van der Waals surface area contributed by atoms with Gasteiger partial charge in [-0.1, -0.05) is 314 Å². The number of phosphoric acid groups is 1. The SMILES string of the molecule is CCCCCCC/C=C\C/C=C\CCCCCCCCCCCCCCCCCCCCCCCCCCCC(=O)OC(COC(=O)CCCCCCCCCCCCCCCCCCC)COP(=O)(O)OCC[N+](C)(C)C. The first-order valence-electron chi connectivity index (χ1n) is 34.1. The van der Waals surface area contributed by atoms with Crippen molar-refractivity contribution in [1.29, 1.82) is 0 Å². The first kappa shape index (κ1) is 76.5. The average Bonchev–Trinajstić information content (AvgIpc) is 3.41. The fourth-order valence-electron chi connectivity index (χ4n) is 10.2. The van der Waals surface area contributed by atoms with Crippen LogP contribution in [0, 0.1) is 0 Å². The number of likely N-dealkylation sites (N-methyl/N-ethyl adjacent to an activating group) is 1. The highest BCUT2D eigenvalue weighted by molar-refractivity contribution is 7.47. The zero-order valence-corrected chi connectivity index (χ0v) is 53.6. The number of esters is 2. The van der Waals surface area contributed by atoms with Crippen molar-refractivity contribution in [2.45, 2.75) is 354 Å². The second-order valence-electron chi connectivity index (χ2n) is 24.6. The number of hydrogen-bond acceptors (Lipinski definition) is 7. The molecule has 462 valence electrons. The predicted octanol–water partition coefficient (Wildman–Crippen LogP) is 21.7. The second-order valence-corrected chi connectivity index (χ2v) is 26.0. The molecule has 0 aromatic rings. The van der Waals surface area contributed by atoms with Crippen LogP contribution >= 0.6 is 7.82 Å². The van der Waals surface area contributed by atoms with Gasteiger partial charge in [0.1, 0.15) is 19.8 Å². The lowest BCUT2D eigenvalue weighted by Gasteiger charge is -2.24. The summed E-state index contributed by atoms with van der Waals surface area (Å²) in [5.74, 6) is -0.774. The Hall–Kier alpha value is -1.51. The maximum absolute atomic E-state index is 12.9. The molecule has 0 saturated heterocycles. The van der Waals surface area contributed by atoms with Gasteiger partial charge in [-0.15, -0.1) is 0 Å². The summed E-state index contributed by atoms with van der Waals surface area (Å²) >= 11 is 0. The molecule has 1 N–H and O–H groups in total. The van der Waals surface area contributed by atoms with E-state index in [-0.39, 0.29) is 25.6 Å². The van der Waals surface area contributed by atoms with Gasteiger partial charge in [0.2, 0.25) is 0 Å². The lowest BCUT2D eigenvalue weighted by atomic mass is 10.0. The molecule has 0 heterocycles. The molecule has 0 aromatic heterocycles. The van der Waals surface area contributed by atoms with Crippen LogP contribution in [0.1, 0.15) is 348 Å². The van der Waals surface area contributed by atoms with Crippen molar-refractivity contribution >= 4 is 19.8 Å². The molecule has 10 heteroatoms. The molecular weight excluding hydrogens is 990 g/mol. The molecular formula is C68H133NO8P+. The van der Waals surface area contributed by atoms with Crippen molar-refractivity contribution in [3.05, 3.63) is 24.3 Å². The summed E-state index contributed by atoms with van der Waals surface area (Å²) in [5.41, 5.74) is 0. The van der Waals surface area contributed by atoms with Crippen LogP contribution in [0.15, 0.2) is 24.3 Å². The average molecular weight is 1120 g/mol. The van der Waals surface area contributed by atoms with Crippen LogP contribution in [0.5, 0.6) is 0 Å². The highest BCUT2D eigenvalue weighted by Crippen LogP contribution is 2.43. The molecule has 0 bridgehead atoms. The molecule has 0 aliphatic heterocycles. The summed E-state index contributed by atoms with van der Waals surface area (Å²) in [6.07, 6.45) is 74.3. The maximum atomic E-state index is 12.9. The van der Waals surface area contributed by atoms with E-state index in [1.807, 2.05) is 21.1 Å². The van der Waals surface area contributed by atoms with Gasteiger partial charge in [0, 0.05) is 12.8 Å². The summed E-state index contributed by atoms with van der Waals surface area (Å²) in [6.45, 7) is 4.49. The van der Waals surface area contributed by atoms with Crippen LogP contribution < -0.4 is 0 Å². The number of nitrogens with zero attached hydrogens (tertiary/aromatic N) is 1. The summed E-state index contributed by atoms with van der Waals surface area (Å²) in [5, 5.41) is 0. The molecule has 0 spiro atoms. The third-order valence-corrected chi connectivity index (χ3v) is 16.5. The summed E-state index contributed by atoms with van der Waals surface area (Å²) in [6, 6.07) is 0. The smallest absolute Gasteiger partial charge is 0.462 e. The van der Waals surface area contributed by atoms with E-state index in [1.54, 1.807) is 0 Å². The fourth-order valence-corrected chi connectivity index (χ4v) is 11.0. The van der Waals surface area contributed by atoms with Crippen molar-refractivity contribution in [2.24, 2.45) is 0 Å². The number of carbonyl (C=O) groups excluding carboxylic acids is 2. The van der Waals surface area contributed by atoms with Crippen molar-refractivity contribution in [1.82, 2.24) is 0 Å². The third-order valence-electron chi connectivity index (χ3n) is 15.5. The normalized spacial score (nSPS) is 13.3. The van der Waals surface area contributed by atoms with E-state index in [4.69, 9.17) is 18.5 Å². The van der Waals surface area contributed by atoms with E-state index < -0.39 is 26.5 Å². The zero-order chi connectivity index (χ0) is 57.0. The topological polar surface area (TPSA) is 108 Å². The van der Waals surface area contributed by atoms with Crippen LogP contribution in [0.2, 0.25) is 0 Å². The molecule has 9 nitrogen and oxygen atoms in total. The van der Waals surface area contributed by atoms with Gasteiger partial charge >= 0.3 is 19.8 Å².